The SMILES string of the molecule is CC(C)(CC(=O)NCCCCCCOP(C)(=O)O)SSCCNC(=O)CCC(=O)N1Cc2ccccc2C#Cc2ccccc21. The summed E-state index contributed by atoms with van der Waals surface area (Å²) in [5, 5.41) is 5.87. The second kappa shape index (κ2) is 18.4. The van der Waals surface area contributed by atoms with Gasteiger partial charge in [-0.2, -0.15) is 0 Å². The van der Waals surface area contributed by atoms with E-state index in [4.69, 9.17) is 9.42 Å². The molecule has 0 spiro atoms. The zero-order chi connectivity index (χ0) is 32.7. The lowest BCUT2D eigenvalue weighted by Gasteiger charge is -2.26. The Hall–Kier alpha value is -2.74. The molecular weight excluding hydrogens is 629 g/mol. The summed E-state index contributed by atoms with van der Waals surface area (Å²) in [6.07, 6.45) is 3.92. The highest BCUT2D eigenvalue weighted by Crippen LogP contribution is 2.38. The summed E-state index contributed by atoms with van der Waals surface area (Å²) < 4.78 is 15.7. The predicted molar refractivity (Wildman–Crippen MR) is 184 cm³/mol. The lowest BCUT2D eigenvalue weighted by Crippen LogP contribution is -2.33. The van der Waals surface area contributed by atoms with Crippen molar-refractivity contribution < 1.29 is 28.4 Å². The molecule has 0 radical (unpaired) electrons. The van der Waals surface area contributed by atoms with Gasteiger partial charge in [-0.1, -0.05) is 76.6 Å². The van der Waals surface area contributed by atoms with Gasteiger partial charge in [0.2, 0.25) is 17.7 Å². The number of anilines is 1. The van der Waals surface area contributed by atoms with Crippen molar-refractivity contribution in [3.05, 3.63) is 65.2 Å². The van der Waals surface area contributed by atoms with E-state index in [0.717, 1.165) is 41.6 Å². The van der Waals surface area contributed by atoms with Crippen LogP contribution in [0.4, 0.5) is 5.69 Å². The standard InChI is InChI=1S/C33H44N3O6PS2/c1-33(2,24-31(38)34-20-10-4-5-11-22-42-43(3,40)41)45-44-23-21-35-30(37)18-19-32(39)36-25-28-14-7-6-12-26(28)16-17-27-13-8-9-15-29(27)36/h6-9,12-15H,4-5,10-11,18-25H2,1-3H3,(H,34,38)(H,35,37)(H,40,41). The molecule has 3 N–H and O–H groups in total. The molecule has 2 aromatic rings. The minimum Gasteiger partial charge on any atom is -0.356 e. The highest BCUT2D eigenvalue weighted by molar-refractivity contribution is 8.77. The maximum atomic E-state index is 13.3. The van der Waals surface area contributed by atoms with Crippen LogP contribution >= 0.6 is 29.2 Å². The number of benzene rings is 2. The summed E-state index contributed by atoms with van der Waals surface area (Å²) in [6.45, 7) is 6.96. The number of hydrogen-bond acceptors (Lipinski definition) is 7. The molecule has 2 aromatic carbocycles. The van der Waals surface area contributed by atoms with Gasteiger partial charge in [-0.3, -0.25) is 18.9 Å². The average molecular weight is 674 g/mol. The second-order valence-corrected chi connectivity index (χ2v) is 16.5. The Morgan fingerprint density at radius 1 is 0.933 bits per heavy atom. The fourth-order valence-corrected chi connectivity index (χ4v) is 7.49. The van der Waals surface area contributed by atoms with Gasteiger partial charge in [0.05, 0.1) is 18.8 Å². The molecule has 1 unspecified atom stereocenters. The van der Waals surface area contributed by atoms with Gasteiger partial charge in [-0.25, -0.2) is 0 Å². The number of para-hydroxylation sites is 1. The second-order valence-electron chi connectivity index (χ2n) is 11.5. The molecule has 1 aliphatic heterocycles. The van der Waals surface area contributed by atoms with E-state index in [2.05, 4.69) is 22.5 Å². The monoisotopic (exact) mass is 673 g/mol. The van der Waals surface area contributed by atoms with E-state index in [9.17, 15) is 18.9 Å². The van der Waals surface area contributed by atoms with Gasteiger partial charge >= 0.3 is 7.60 Å². The molecule has 3 rings (SSSR count). The van der Waals surface area contributed by atoms with E-state index in [0.29, 0.717) is 38.2 Å². The van der Waals surface area contributed by atoms with Crippen molar-refractivity contribution in [1.82, 2.24) is 10.6 Å². The molecule has 12 heteroatoms. The first-order valence-electron chi connectivity index (χ1n) is 15.2. The summed E-state index contributed by atoms with van der Waals surface area (Å²) >= 11 is 0. The van der Waals surface area contributed by atoms with Crippen LogP contribution in [-0.2, 0) is 30.0 Å². The number of carbonyl (C=O) groups is 3. The number of fused-ring (bicyclic) bond motifs is 2. The van der Waals surface area contributed by atoms with Crippen LogP contribution < -0.4 is 15.5 Å². The number of nitrogens with zero attached hydrogens (tertiary/aromatic N) is 1. The maximum Gasteiger partial charge on any atom is 0.325 e. The molecule has 3 amide bonds. The first-order chi connectivity index (χ1) is 21.4. The van der Waals surface area contributed by atoms with Crippen LogP contribution in [0.25, 0.3) is 0 Å². The van der Waals surface area contributed by atoms with Crippen LogP contribution in [0, 0.1) is 11.8 Å². The lowest BCUT2D eigenvalue weighted by atomic mass is 10.0. The van der Waals surface area contributed by atoms with Crippen molar-refractivity contribution in [3.63, 3.8) is 0 Å². The van der Waals surface area contributed by atoms with Crippen molar-refractivity contribution in [1.29, 1.82) is 0 Å². The lowest BCUT2D eigenvalue weighted by molar-refractivity contribution is -0.125. The zero-order valence-corrected chi connectivity index (χ0v) is 28.8. The Labute approximate surface area is 275 Å². The van der Waals surface area contributed by atoms with Crippen LogP contribution in [-0.4, -0.2) is 59.5 Å². The predicted octanol–water partition coefficient (Wildman–Crippen LogP) is 5.89. The molecule has 1 atom stereocenters. The summed E-state index contributed by atoms with van der Waals surface area (Å²) in [6, 6.07) is 15.4. The minimum absolute atomic E-state index is 0.000192. The quantitative estimate of drug-likeness (QED) is 0.0775. The Morgan fingerprint density at radius 2 is 1.60 bits per heavy atom. The first kappa shape index (κ1) is 36.7. The maximum absolute atomic E-state index is 13.3. The Morgan fingerprint density at radius 3 is 2.38 bits per heavy atom. The summed E-state index contributed by atoms with van der Waals surface area (Å²) in [5.41, 5.74) is 3.41. The van der Waals surface area contributed by atoms with Crippen molar-refractivity contribution in [3.8, 4) is 11.8 Å². The van der Waals surface area contributed by atoms with Gasteiger partial charge < -0.3 is 25.0 Å². The smallest absolute Gasteiger partial charge is 0.325 e. The summed E-state index contributed by atoms with van der Waals surface area (Å²) in [4.78, 5) is 49.1. The van der Waals surface area contributed by atoms with Crippen molar-refractivity contribution >= 4 is 52.6 Å². The van der Waals surface area contributed by atoms with Crippen LogP contribution in [0.15, 0.2) is 48.5 Å². The molecule has 0 aliphatic carbocycles. The highest BCUT2D eigenvalue weighted by atomic mass is 33.1. The third-order valence-electron chi connectivity index (χ3n) is 6.84. The van der Waals surface area contributed by atoms with Crippen LogP contribution in [0.5, 0.6) is 0 Å². The van der Waals surface area contributed by atoms with E-state index in [1.807, 2.05) is 62.4 Å². The average Bonchev–Trinajstić information content (AvgIpc) is 2.97. The van der Waals surface area contributed by atoms with Gasteiger partial charge in [-0.15, -0.1) is 0 Å². The number of nitrogens with one attached hydrogen (secondary N) is 2. The van der Waals surface area contributed by atoms with E-state index in [-0.39, 0.29) is 41.9 Å². The first-order valence-corrected chi connectivity index (χ1v) is 19.6. The molecule has 0 aromatic heterocycles. The van der Waals surface area contributed by atoms with Gasteiger partial charge in [0, 0.05) is 60.6 Å². The Balaban J connectivity index is 1.30. The number of amides is 3. The van der Waals surface area contributed by atoms with E-state index >= 15 is 0 Å². The number of unbranched alkanes of at least 4 members (excludes halogenated alkanes) is 3. The molecule has 244 valence electrons. The zero-order valence-electron chi connectivity index (χ0n) is 26.3. The van der Waals surface area contributed by atoms with Gasteiger partial charge in [-0.05, 0) is 50.5 Å². The van der Waals surface area contributed by atoms with Crippen LogP contribution in [0.1, 0.15) is 75.5 Å². The van der Waals surface area contributed by atoms with Crippen LogP contribution in [0.3, 0.4) is 0 Å². The third kappa shape index (κ3) is 14.1. The van der Waals surface area contributed by atoms with Crippen molar-refractivity contribution in [2.75, 3.05) is 37.0 Å². The van der Waals surface area contributed by atoms with Crippen molar-refractivity contribution in [2.24, 2.45) is 0 Å². The molecule has 0 bridgehead atoms. The fraction of sp³-hybridized carbons (Fsp3) is 0.485. The molecule has 1 aliphatic rings. The van der Waals surface area contributed by atoms with Crippen LogP contribution in [0.2, 0.25) is 0 Å². The molecule has 9 nitrogen and oxygen atoms in total. The van der Waals surface area contributed by atoms with Crippen molar-refractivity contribution in [2.45, 2.75) is 70.1 Å². The number of carbonyl (C=O) groups excluding carboxylic acids is 3. The summed E-state index contributed by atoms with van der Waals surface area (Å²) in [5.74, 6) is 6.79. The molecule has 0 fully saturated rings. The Bertz CT molecular complexity index is 1420. The van der Waals surface area contributed by atoms with Gasteiger partial charge in [0.15, 0.2) is 0 Å². The molecule has 0 saturated heterocycles. The van der Waals surface area contributed by atoms with E-state index in [1.54, 1.807) is 26.5 Å². The molecule has 1 heterocycles. The minimum atomic E-state index is -3.40. The van der Waals surface area contributed by atoms with E-state index < -0.39 is 7.60 Å². The number of hydrogen-bond donors (Lipinski definition) is 3. The molecule has 45 heavy (non-hydrogen) atoms. The molecule has 0 saturated carbocycles. The molecular formula is C33H44N3O6PS2. The van der Waals surface area contributed by atoms with Gasteiger partial charge in [0.1, 0.15) is 0 Å². The topological polar surface area (TPSA) is 125 Å². The third-order valence-corrected chi connectivity index (χ3v) is 10.8. The normalized spacial score (nSPS) is 13.6. The number of rotatable bonds is 18. The summed E-state index contributed by atoms with van der Waals surface area (Å²) in [7, 11) is -0.177. The fourth-order valence-electron chi connectivity index (χ4n) is 4.61. The van der Waals surface area contributed by atoms with Gasteiger partial charge in [0.25, 0.3) is 0 Å². The highest BCUT2D eigenvalue weighted by Gasteiger charge is 2.24. The Kier molecular flexibility index (Phi) is 15.0. The largest absolute Gasteiger partial charge is 0.356 e. The van der Waals surface area contributed by atoms with E-state index in [1.165, 1.54) is 6.66 Å².